The summed E-state index contributed by atoms with van der Waals surface area (Å²) in [5.41, 5.74) is 2.35. The lowest BCUT2D eigenvalue weighted by Gasteiger charge is -2.28. The molecule has 0 unspecified atom stereocenters. The molecule has 1 aliphatic rings. The Morgan fingerprint density at radius 1 is 1.19 bits per heavy atom. The summed E-state index contributed by atoms with van der Waals surface area (Å²) in [5.74, 6) is 0.211. The molecule has 1 atom stereocenters. The van der Waals surface area contributed by atoms with E-state index in [2.05, 4.69) is 4.90 Å². The largest absolute Gasteiger partial charge is 0.465 e. The van der Waals surface area contributed by atoms with Crippen LogP contribution < -0.4 is 0 Å². The Labute approximate surface area is 192 Å². The van der Waals surface area contributed by atoms with Gasteiger partial charge in [0.15, 0.2) is 0 Å². The first kappa shape index (κ1) is 24.2. The number of rotatable bonds is 10. The molecule has 6 nitrogen and oxygen atoms in total. The zero-order valence-corrected chi connectivity index (χ0v) is 19.3. The molecule has 0 aliphatic carbocycles. The van der Waals surface area contributed by atoms with Crippen LogP contribution >= 0.6 is 11.8 Å². The third-order valence-electron chi connectivity index (χ3n) is 5.30. The number of carbonyl (C=O) groups excluding carboxylic acids is 2. The van der Waals surface area contributed by atoms with E-state index >= 15 is 0 Å². The molecule has 1 aliphatic heterocycles. The normalized spacial score (nSPS) is 15.9. The van der Waals surface area contributed by atoms with Crippen LogP contribution in [0.25, 0.3) is 0 Å². The summed E-state index contributed by atoms with van der Waals surface area (Å²) in [7, 11) is 3.01. The first-order chi connectivity index (χ1) is 15.5. The highest BCUT2D eigenvalue weighted by atomic mass is 32.2. The second-order valence-electron chi connectivity index (χ2n) is 7.61. The summed E-state index contributed by atoms with van der Waals surface area (Å²) >= 11 is 1.69. The molecule has 0 saturated carbocycles. The van der Waals surface area contributed by atoms with Crippen molar-refractivity contribution in [2.45, 2.75) is 18.3 Å². The number of hydrogen-bond acceptors (Lipinski definition) is 6. The van der Waals surface area contributed by atoms with Crippen LogP contribution in [0.3, 0.4) is 0 Å². The molecular formula is C24H29FN2O4S. The van der Waals surface area contributed by atoms with Crippen molar-refractivity contribution in [3.8, 4) is 0 Å². The summed E-state index contributed by atoms with van der Waals surface area (Å²) in [6, 6.07) is 13.6. The molecule has 32 heavy (non-hydrogen) atoms. The van der Waals surface area contributed by atoms with Gasteiger partial charge in [0.1, 0.15) is 11.2 Å². The number of halogens is 1. The lowest BCUT2D eigenvalue weighted by atomic mass is 10.1. The van der Waals surface area contributed by atoms with Gasteiger partial charge >= 0.3 is 5.97 Å². The molecule has 2 aromatic carbocycles. The van der Waals surface area contributed by atoms with Gasteiger partial charge in [0.2, 0.25) is 5.91 Å². The van der Waals surface area contributed by atoms with Crippen LogP contribution in [0, 0.1) is 5.82 Å². The summed E-state index contributed by atoms with van der Waals surface area (Å²) < 4.78 is 23.3. The number of benzene rings is 2. The molecule has 2 aromatic rings. The predicted molar refractivity (Wildman–Crippen MR) is 123 cm³/mol. The Balaban J connectivity index is 1.70. The number of thioether (sulfide) groups is 1. The van der Waals surface area contributed by atoms with Crippen LogP contribution in [0.4, 0.5) is 4.39 Å². The molecule has 0 spiro atoms. The molecule has 0 N–H and O–H groups in total. The van der Waals surface area contributed by atoms with Gasteiger partial charge < -0.3 is 14.4 Å². The van der Waals surface area contributed by atoms with E-state index in [1.165, 1.54) is 19.2 Å². The molecular weight excluding hydrogens is 431 g/mol. The summed E-state index contributed by atoms with van der Waals surface area (Å²) in [5, 5.41) is -0.105. The van der Waals surface area contributed by atoms with Gasteiger partial charge in [-0.2, -0.15) is 0 Å². The highest BCUT2D eigenvalue weighted by Crippen LogP contribution is 2.38. The fourth-order valence-electron chi connectivity index (χ4n) is 3.73. The number of nitrogens with zero attached hydrogens (tertiary/aromatic N) is 2. The van der Waals surface area contributed by atoms with E-state index in [1.807, 2.05) is 17.0 Å². The van der Waals surface area contributed by atoms with E-state index in [4.69, 9.17) is 9.47 Å². The highest BCUT2D eigenvalue weighted by Gasteiger charge is 2.31. The molecule has 3 rings (SSSR count). The topological polar surface area (TPSA) is 59.1 Å². The number of hydrogen-bond donors (Lipinski definition) is 0. The third kappa shape index (κ3) is 6.54. The first-order valence-electron chi connectivity index (χ1n) is 10.6. The molecule has 0 radical (unpaired) electrons. The van der Waals surface area contributed by atoms with E-state index in [0.29, 0.717) is 31.8 Å². The van der Waals surface area contributed by atoms with Gasteiger partial charge in [-0.3, -0.25) is 9.69 Å². The molecule has 1 heterocycles. The third-order valence-corrected chi connectivity index (χ3v) is 6.56. The maximum Gasteiger partial charge on any atom is 0.337 e. The Morgan fingerprint density at radius 2 is 1.97 bits per heavy atom. The monoisotopic (exact) mass is 460 g/mol. The first-order valence-corrected chi connectivity index (χ1v) is 11.6. The van der Waals surface area contributed by atoms with Crippen LogP contribution in [0.5, 0.6) is 0 Å². The van der Waals surface area contributed by atoms with E-state index in [9.17, 15) is 14.0 Å². The summed E-state index contributed by atoms with van der Waals surface area (Å²) in [6.45, 7) is 2.73. The minimum atomic E-state index is -0.384. The van der Waals surface area contributed by atoms with Crippen molar-refractivity contribution in [2.24, 2.45) is 0 Å². The number of ether oxygens (including phenoxy) is 2. The molecule has 172 valence electrons. The smallest absolute Gasteiger partial charge is 0.337 e. The predicted octanol–water partition coefficient (Wildman–Crippen LogP) is 3.73. The van der Waals surface area contributed by atoms with E-state index in [-0.39, 0.29) is 29.6 Å². The maximum atomic E-state index is 13.3. The van der Waals surface area contributed by atoms with Crippen molar-refractivity contribution in [1.82, 2.24) is 9.80 Å². The Kier molecular flexibility index (Phi) is 9.08. The van der Waals surface area contributed by atoms with E-state index < -0.39 is 0 Å². The van der Waals surface area contributed by atoms with Gasteiger partial charge in [0.05, 0.1) is 19.2 Å². The van der Waals surface area contributed by atoms with Crippen molar-refractivity contribution >= 4 is 23.6 Å². The van der Waals surface area contributed by atoms with E-state index in [1.54, 1.807) is 43.1 Å². The molecule has 1 amide bonds. The van der Waals surface area contributed by atoms with Crippen LogP contribution in [0.15, 0.2) is 48.5 Å². The van der Waals surface area contributed by atoms with Crippen LogP contribution in [0.2, 0.25) is 0 Å². The molecule has 1 fully saturated rings. The highest BCUT2D eigenvalue weighted by molar-refractivity contribution is 7.99. The second kappa shape index (κ2) is 12.0. The Hall–Kier alpha value is -2.42. The Morgan fingerprint density at radius 3 is 2.69 bits per heavy atom. The average Bonchev–Trinajstić information content (AvgIpc) is 3.29. The van der Waals surface area contributed by atoms with Crippen LogP contribution in [0.1, 0.15) is 33.3 Å². The molecule has 8 heteroatoms. The average molecular weight is 461 g/mol. The molecule has 1 saturated heterocycles. The molecule has 0 aromatic heterocycles. The van der Waals surface area contributed by atoms with Gasteiger partial charge in [-0.1, -0.05) is 24.3 Å². The van der Waals surface area contributed by atoms with Crippen LogP contribution in [-0.2, 0) is 20.8 Å². The summed E-state index contributed by atoms with van der Waals surface area (Å²) in [6.07, 6.45) is 0.788. The SMILES string of the molecule is COCCCN(CC(=O)N1CCS[C@H]1c1ccc(F)cc1)Cc1cccc(C(=O)OC)c1. The van der Waals surface area contributed by atoms with Crippen molar-refractivity contribution in [3.63, 3.8) is 0 Å². The van der Waals surface area contributed by atoms with Crippen LogP contribution in [-0.4, -0.2) is 67.9 Å². The minimum Gasteiger partial charge on any atom is -0.465 e. The lowest BCUT2D eigenvalue weighted by Crippen LogP contribution is -2.40. The number of amides is 1. The fourth-order valence-corrected chi connectivity index (χ4v) is 5.01. The van der Waals surface area contributed by atoms with Gasteiger partial charge in [0.25, 0.3) is 0 Å². The quantitative estimate of drug-likeness (QED) is 0.398. The zero-order chi connectivity index (χ0) is 22.9. The van der Waals surface area contributed by atoms with Gasteiger partial charge in [-0.25, -0.2) is 9.18 Å². The van der Waals surface area contributed by atoms with Crippen molar-refractivity contribution in [1.29, 1.82) is 0 Å². The van der Waals surface area contributed by atoms with Gasteiger partial charge in [-0.05, 0) is 41.8 Å². The van der Waals surface area contributed by atoms with Crippen molar-refractivity contribution < 1.29 is 23.5 Å². The maximum absolute atomic E-state index is 13.3. The second-order valence-corrected chi connectivity index (χ2v) is 8.80. The fraction of sp³-hybridized carbons (Fsp3) is 0.417. The van der Waals surface area contributed by atoms with Gasteiger partial charge in [-0.15, -0.1) is 11.8 Å². The minimum absolute atomic E-state index is 0.0332. The Bertz CT molecular complexity index is 909. The van der Waals surface area contributed by atoms with E-state index in [0.717, 1.165) is 23.3 Å². The number of carbonyl (C=O) groups is 2. The molecule has 0 bridgehead atoms. The van der Waals surface area contributed by atoms with Gasteiger partial charge in [0, 0.05) is 39.1 Å². The lowest BCUT2D eigenvalue weighted by molar-refractivity contribution is -0.132. The number of esters is 1. The zero-order valence-electron chi connectivity index (χ0n) is 18.5. The van der Waals surface area contributed by atoms with Crippen molar-refractivity contribution in [2.75, 3.05) is 46.2 Å². The van der Waals surface area contributed by atoms with Crippen molar-refractivity contribution in [3.05, 3.63) is 71.0 Å². The number of methoxy groups -OCH3 is 2. The standard InChI is InChI=1S/C24H29FN2O4S/c1-30-13-4-11-26(16-18-5-3-6-20(15-18)24(29)31-2)17-22(28)27-12-14-32-23(27)19-7-9-21(25)10-8-19/h3,5-10,15,23H,4,11-14,16-17H2,1-2H3/t23-/m0/s1. The summed E-state index contributed by atoms with van der Waals surface area (Å²) in [4.78, 5) is 29.0.